The third kappa shape index (κ3) is 2.44. The predicted octanol–water partition coefficient (Wildman–Crippen LogP) is 2.46. The minimum absolute atomic E-state index is 0.258. The van der Waals surface area contributed by atoms with E-state index in [1.807, 2.05) is 30.3 Å². The molecule has 1 aliphatic heterocycles. The molecule has 0 N–H and O–H groups in total. The van der Waals surface area contributed by atoms with Gasteiger partial charge >= 0.3 is 0 Å². The van der Waals surface area contributed by atoms with Gasteiger partial charge in [0, 0.05) is 11.3 Å². The van der Waals surface area contributed by atoms with Crippen molar-refractivity contribution in [3.63, 3.8) is 0 Å². The molecular weight excluding hydrogens is 258 g/mol. The first-order valence-electron chi connectivity index (χ1n) is 6.53. The van der Waals surface area contributed by atoms with Gasteiger partial charge in [-0.1, -0.05) is 30.3 Å². The van der Waals surface area contributed by atoms with Gasteiger partial charge in [0.1, 0.15) is 12.4 Å². The van der Waals surface area contributed by atoms with E-state index in [0.717, 1.165) is 5.56 Å². The maximum Gasteiger partial charge on any atom is 0.272 e. The molecule has 3 rings (SSSR count). The summed E-state index contributed by atoms with van der Waals surface area (Å²) in [6.45, 7) is 0.918. The minimum atomic E-state index is -1.11. The van der Waals surface area contributed by atoms with Gasteiger partial charge in [0.05, 0.1) is 6.61 Å². The number of epoxide rings is 1. The highest BCUT2D eigenvalue weighted by Gasteiger charge is 2.56. The number of nitro groups is 1. The number of allylic oxidation sites excluding steroid dienone is 1. The molecule has 0 aromatic heterocycles. The number of benzene rings is 1. The van der Waals surface area contributed by atoms with Gasteiger partial charge in [-0.15, -0.1) is 0 Å². The van der Waals surface area contributed by atoms with Gasteiger partial charge in [-0.2, -0.15) is 0 Å². The minimum Gasteiger partial charge on any atom is -0.489 e. The summed E-state index contributed by atoms with van der Waals surface area (Å²) in [6.07, 6.45) is 5.06. The summed E-state index contributed by atoms with van der Waals surface area (Å²) in [4.78, 5) is 11.0. The van der Waals surface area contributed by atoms with Crippen molar-refractivity contribution >= 4 is 0 Å². The van der Waals surface area contributed by atoms with E-state index in [2.05, 4.69) is 0 Å². The highest BCUT2D eigenvalue weighted by molar-refractivity contribution is 5.27. The Bertz CT molecular complexity index is 562. The number of nitrogens with zero attached hydrogens (tertiary/aromatic N) is 1. The molecule has 1 aliphatic carbocycles. The lowest BCUT2D eigenvalue weighted by atomic mass is 9.88. The lowest BCUT2D eigenvalue weighted by molar-refractivity contribution is -0.557. The van der Waals surface area contributed by atoms with E-state index in [1.165, 1.54) is 0 Å². The van der Waals surface area contributed by atoms with E-state index in [-0.39, 0.29) is 11.0 Å². The van der Waals surface area contributed by atoms with Gasteiger partial charge in [-0.05, 0) is 23.8 Å². The Labute approximate surface area is 116 Å². The first-order chi connectivity index (χ1) is 9.71. The Hall–Kier alpha value is -2.14. The normalized spacial score (nSPS) is 27.8. The van der Waals surface area contributed by atoms with Crippen LogP contribution in [0.4, 0.5) is 0 Å². The first-order valence-corrected chi connectivity index (χ1v) is 6.53. The number of hydrogen-bond donors (Lipinski definition) is 0. The van der Waals surface area contributed by atoms with E-state index >= 15 is 0 Å². The fourth-order valence-corrected chi connectivity index (χ4v) is 2.30. The second-order valence-corrected chi connectivity index (χ2v) is 4.99. The number of ether oxygens (including phenoxy) is 2. The van der Waals surface area contributed by atoms with Gasteiger partial charge in [0.15, 0.2) is 6.10 Å². The topological polar surface area (TPSA) is 64.9 Å². The molecule has 0 amide bonds. The molecule has 1 fully saturated rings. The average Bonchev–Trinajstić information content (AvgIpc) is 3.31. The molecule has 0 radical (unpaired) electrons. The van der Waals surface area contributed by atoms with Crippen molar-refractivity contribution in [1.82, 2.24) is 0 Å². The summed E-state index contributed by atoms with van der Waals surface area (Å²) in [6, 6.07) is 9.81. The maximum atomic E-state index is 11.2. The summed E-state index contributed by atoms with van der Waals surface area (Å²) >= 11 is 0. The van der Waals surface area contributed by atoms with Crippen molar-refractivity contribution in [2.45, 2.75) is 24.7 Å². The summed E-state index contributed by atoms with van der Waals surface area (Å²) < 4.78 is 10.8. The van der Waals surface area contributed by atoms with Gasteiger partial charge in [0.2, 0.25) is 0 Å². The largest absolute Gasteiger partial charge is 0.489 e. The molecule has 104 valence electrons. The molecule has 2 unspecified atom stereocenters. The monoisotopic (exact) mass is 273 g/mol. The van der Waals surface area contributed by atoms with Crippen LogP contribution < -0.4 is 0 Å². The van der Waals surface area contributed by atoms with Crippen LogP contribution in [-0.4, -0.2) is 23.2 Å². The molecule has 0 spiro atoms. The summed E-state index contributed by atoms with van der Waals surface area (Å²) in [5.41, 5.74) is -0.0435. The smallest absolute Gasteiger partial charge is 0.272 e. The summed E-state index contributed by atoms with van der Waals surface area (Å²) in [5, 5.41) is 11.2. The van der Waals surface area contributed by atoms with Crippen LogP contribution in [0.2, 0.25) is 0 Å². The predicted molar refractivity (Wildman–Crippen MR) is 72.5 cm³/mol. The third-order valence-corrected chi connectivity index (χ3v) is 3.65. The van der Waals surface area contributed by atoms with Gasteiger partial charge in [0.25, 0.3) is 5.54 Å². The van der Waals surface area contributed by atoms with Crippen molar-refractivity contribution in [3.8, 4) is 0 Å². The first kappa shape index (κ1) is 12.9. The Morgan fingerprint density at radius 2 is 2.15 bits per heavy atom. The molecule has 20 heavy (non-hydrogen) atoms. The molecule has 1 aromatic carbocycles. The molecule has 5 heteroatoms. The molecule has 1 saturated heterocycles. The molecule has 0 saturated carbocycles. The Morgan fingerprint density at radius 3 is 2.70 bits per heavy atom. The number of hydrogen-bond acceptors (Lipinski definition) is 4. The fraction of sp³-hybridized carbons (Fsp3) is 0.333. The van der Waals surface area contributed by atoms with Crippen LogP contribution in [0.15, 0.2) is 54.3 Å². The zero-order chi connectivity index (χ0) is 14.0. The van der Waals surface area contributed by atoms with Crippen LogP contribution in [0.5, 0.6) is 0 Å². The molecule has 2 aliphatic rings. The summed E-state index contributed by atoms with van der Waals surface area (Å²) in [5.74, 6) is 0.673. The van der Waals surface area contributed by atoms with Crippen LogP contribution in [-0.2, 0) is 16.1 Å². The molecule has 0 bridgehead atoms. The Balaban J connectivity index is 1.63. The van der Waals surface area contributed by atoms with Crippen molar-refractivity contribution in [2.24, 2.45) is 0 Å². The lowest BCUT2D eigenvalue weighted by Gasteiger charge is -2.22. The molecular formula is C15H15NO4. The van der Waals surface area contributed by atoms with Gasteiger partial charge in [-0.25, -0.2) is 0 Å². The second-order valence-electron chi connectivity index (χ2n) is 4.99. The average molecular weight is 273 g/mol. The summed E-state index contributed by atoms with van der Waals surface area (Å²) in [7, 11) is 0. The van der Waals surface area contributed by atoms with Crippen molar-refractivity contribution < 1.29 is 14.4 Å². The molecule has 1 aromatic rings. The molecule has 1 heterocycles. The van der Waals surface area contributed by atoms with Crippen molar-refractivity contribution in [3.05, 3.63) is 70.0 Å². The fourth-order valence-electron chi connectivity index (χ4n) is 2.30. The van der Waals surface area contributed by atoms with Gasteiger partial charge in [-0.3, -0.25) is 10.1 Å². The van der Waals surface area contributed by atoms with E-state index in [0.29, 0.717) is 25.4 Å². The quantitative estimate of drug-likeness (QED) is 0.469. The zero-order valence-electron chi connectivity index (χ0n) is 10.9. The Kier molecular flexibility index (Phi) is 3.28. The van der Waals surface area contributed by atoms with E-state index < -0.39 is 5.54 Å². The standard InChI is InChI=1S/C15H15NO4/c17-16(18)15(14-11-20-14)8-6-13(7-9-15)19-10-12-4-2-1-3-5-12/h1-8,14H,9-11H2. The SMILES string of the molecule is O=[N+]([O-])C1(C2CO2)C=CC(OCc2ccccc2)=CC1. The van der Waals surface area contributed by atoms with Crippen LogP contribution in [0.1, 0.15) is 12.0 Å². The van der Waals surface area contributed by atoms with Crippen LogP contribution in [0.25, 0.3) is 0 Å². The Morgan fingerprint density at radius 1 is 1.40 bits per heavy atom. The lowest BCUT2D eigenvalue weighted by Crippen LogP contribution is -2.42. The third-order valence-electron chi connectivity index (χ3n) is 3.65. The highest BCUT2D eigenvalue weighted by atomic mass is 16.6. The molecule has 2 atom stereocenters. The number of rotatable bonds is 5. The van der Waals surface area contributed by atoms with Crippen LogP contribution in [0.3, 0.4) is 0 Å². The van der Waals surface area contributed by atoms with Gasteiger partial charge < -0.3 is 9.47 Å². The van der Waals surface area contributed by atoms with E-state index in [9.17, 15) is 10.1 Å². The van der Waals surface area contributed by atoms with Crippen molar-refractivity contribution in [1.29, 1.82) is 0 Å². The van der Waals surface area contributed by atoms with Crippen LogP contribution in [0, 0.1) is 10.1 Å². The van der Waals surface area contributed by atoms with Crippen molar-refractivity contribution in [2.75, 3.05) is 6.61 Å². The van der Waals surface area contributed by atoms with Crippen LogP contribution >= 0.6 is 0 Å². The molecule has 5 nitrogen and oxygen atoms in total. The zero-order valence-corrected chi connectivity index (χ0v) is 10.9. The van der Waals surface area contributed by atoms with E-state index in [4.69, 9.17) is 9.47 Å². The second kappa shape index (κ2) is 5.09. The maximum absolute atomic E-state index is 11.2. The van der Waals surface area contributed by atoms with E-state index in [1.54, 1.807) is 18.2 Å². The highest BCUT2D eigenvalue weighted by Crippen LogP contribution is 2.35.